The molecule has 3 aliphatic rings. The number of phenolic OH excluding ortho intramolecular Hbond substituents is 1. The molecule has 0 fully saturated rings. The fraction of sp³-hybridized carbons (Fsp3) is 0.400. The molecule has 4 aromatic carbocycles. The number of fused-ring (bicyclic) bond motifs is 3. The van der Waals surface area contributed by atoms with Crippen LogP contribution in [0.5, 0.6) is 51.7 Å². The summed E-state index contributed by atoms with van der Waals surface area (Å²) in [5, 5.41) is 10.7. The summed E-state index contributed by atoms with van der Waals surface area (Å²) in [6.07, 6.45) is 3.20. The van der Waals surface area contributed by atoms with E-state index in [-0.39, 0.29) is 17.8 Å². The summed E-state index contributed by atoms with van der Waals surface area (Å²) in [4.78, 5) is 4.72. The Kier molecular flexibility index (Phi) is 9.09. The molecule has 4 aromatic rings. The third-order valence-corrected chi connectivity index (χ3v) is 10.7. The minimum Gasteiger partial charge on any atom is -0.504 e. The van der Waals surface area contributed by atoms with Gasteiger partial charge in [0.2, 0.25) is 5.75 Å². The summed E-state index contributed by atoms with van der Waals surface area (Å²) < 4.78 is 42.0. The van der Waals surface area contributed by atoms with Crippen LogP contribution in [0, 0.1) is 0 Å². The number of hydrogen-bond acceptors (Lipinski definition) is 10. The van der Waals surface area contributed by atoms with Gasteiger partial charge in [-0.2, -0.15) is 0 Å². The third-order valence-electron chi connectivity index (χ3n) is 10.7. The van der Waals surface area contributed by atoms with Crippen molar-refractivity contribution in [1.82, 2.24) is 9.80 Å². The normalized spacial score (nSPS) is 18.0. The van der Waals surface area contributed by atoms with E-state index in [1.54, 1.807) is 42.7 Å². The van der Waals surface area contributed by atoms with Gasteiger partial charge in [-0.1, -0.05) is 6.07 Å². The molecule has 2 aliphatic heterocycles. The molecule has 0 spiro atoms. The lowest BCUT2D eigenvalue weighted by Crippen LogP contribution is -2.35. The first-order valence-corrected chi connectivity index (χ1v) is 17.0. The van der Waals surface area contributed by atoms with Gasteiger partial charge in [0.25, 0.3) is 0 Å². The van der Waals surface area contributed by atoms with Crippen molar-refractivity contribution >= 4 is 0 Å². The largest absolute Gasteiger partial charge is 0.504 e. The number of nitrogens with zero attached hydrogens (tertiary/aromatic N) is 2. The topological polar surface area (TPSA) is 91.3 Å². The number of rotatable bonds is 10. The molecule has 50 heavy (non-hydrogen) atoms. The average molecular weight is 683 g/mol. The molecule has 264 valence electrons. The van der Waals surface area contributed by atoms with Crippen molar-refractivity contribution < 1.29 is 38.3 Å². The minimum absolute atomic E-state index is 0.0311. The highest BCUT2D eigenvalue weighted by Crippen LogP contribution is 2.55. The number of hydrogen-bond donors (Lipinski definition) is 1. The van der Waals surface area contributed by atoms with Crippen molar-refractivity contribution in [2.24, 2.45) is 0 Å². The molecule has 2 heterocycles. The molecule has 1 N–H and O–H groups in total. The fourth-order valence-electron chi connectivity index (χ4n) is 8.10. The van der Waals surface area contributed by atoms with E-state index in [4.69, 9.17) is 33.2 Å². The Balaban J connectivity index is 1.35. The number of aromatic hydroxyl groups is 1. The van der Waals surface area contributed by atoms with Gasteiger partial charge < -0.3 is 38.3 Å². The standard InChI is InChI=1S/C40H46N2O8/c1-41-13-11-22-17-32(45-4)30(43)20-26(22)28(41)15-24-9-10-31(44-3)40(49-8)38(24)50-34-19-25-16-29-36-23(12-14-42(29)2)18-35(47-6)39(48-7)37(36)27(25)21-33(34)46-5/h9-10,17-21,28-29,43H,11-16H2,1-8H3. The summed E-state index contributed by atoms with van der Waals surface area (Å²) in [6.45, 7) is 1.82. The van der Waals surface area contributed by atoms with Crippen molar-refractivity contribution in [3.05, 3.63) is 75.8 Å². The van der Waals surface area contributed by atoms with Crippen LogP contribution in [0.1, 0.15) is 45.5 Å². The second-order valence-electron chi connectivity index (χ2n) is 13.2. The van der Waals surface area contributed by atoms with E-state index >= 15 is 0 Å². The van der Waals surface area contributed by atoms with E-state index < -0.39 is 0 Å². The highest BCUT2D eigenvalue weighted by molar-refractivity contribution is 5.85. The molecule has 0 saturated heterocycles. The van der Waals surface area contributed by atoms with Gasteiger partial charge in [-0.15, -0.1) is 0 Å². The lowest BCUT2D eigenvalue weighted by atomic mass is 9.76. The lowest BCUT2D eigenvalue weighted by molar-refractivity contribution is 0.226. The van der Waals surface area contributed by atoms with E-state index in [2.05, 4.69) is 42.1 Å². The van der Waals surface area contributed by atoms with Crippen molar-refractivity contribution in [3.63, 3.8) is 0 Å². The molecular formula is C40H46N2O8. The summed E-state index contributed by atoms with van der Waals surface area (Å²) in [5.74, 6) is 4.82. The van der Waals surface area contributed by atoms with Crippen molar-refractivity contribution in [2.45, 2.75) is 37.8 Å². The molecule has 0 aromatic heterocycles. The van der Waals surface area contributed by atoms with Crippen LogP contribution in [0.3, 0.4) is 0 Å². The van der Waals surface area contributed by atoms with Gasteiger partial charge in [0.15, 0.2) is 46.0 Å². The zero-order valence-corrected chi connectivity index (χ0v) is 30.1. The fourth-order valence-corrected chi connectivity index (χ4v) is 8.10. The highest BCUT2D eigenvalue weighted by atomic mass is 16.5. The van der Waals surface area contributed by atoms with E-state index in [0.29, 0.717) is 40.9 Å². The first kappa shape index (κ1) is 33.7. The number of phenols is 1. The molecule has 2 atom stereocenters. The van der Waals surface area contributed by atoms with E-state index in [1.807, 2.05) is 24.3 Å². The van der Waals surface area contributed by atoms with Crippen molar-refractivity contribution in [2.75, 3.05) is 69.8 Å². The smallest absolute Gasteiger partial charge is 0.204 e. The molecule has 0 saturated carbocycles. The van der Waals surface area contributed by atoms with Crippen LogP contribution in [-0.4, -0.2) is 84.7 Å². The van der Waals surface area contributed by atoms with Crippen LogP contribution < -0.4 is 33.2 Å². The first-order valence-electron chi connectivity index (χ1n) is 17.0. The number of benzene rings is 4. The quantitative estimate of drug-likeness (QED) is 0.194. The summed E-state index contributed by atoms with van der Waals surface area (Å²) in [6, 6.07) is 14.1. The Hall–Kier alpha value is -4.80. The van der Waals surface area contributed by atoms with Gasteiger partial charge in [0.1, 0.15) is 0 Å². The van der Waals surface area contributed by atoms with Gasteiger partial charge in [0, 0.05) is 36.3 Å². The Bertz CT molecular complexity index is 1940. The van der Waals surface area contributed by atoms with Crippen LogP contribution in [-0.2, 0) is 25.7 Å². The monoisotopic (exact) mass is 682 g/mol. The zero-order chi connectivity index (χ0) is 35.3. The first-order chi connectivity index (χ1) is 24.2. The van der Waals surface area contributed by atoms with Crippen molar-refractivity contribution in [3.8, 4) is 62.9 Å². The number of methoxy groups -OCH3 is 6. The SMILES string of the molecule is COc1cc2c(cc1O)C(Cc1ccc(OC)c(OC)c1Oc1cc3c(cc1OC)-c1c(OC)c(OC)cc4c1C(C3)N(C)CC4)N(C)CC2. The molecule has 10 heteroatoms. The van der Waals surface area contributed by atoms with Gasteiger partial charge in [-0.3, -0.25) is 9.80 Å². The van der Waals surface area contributed by atoms with Crippen LogP contribution in [0.2, 0.25) is 0 Å². The Morgan fingerprint density at radius 3 is 2.00 bits per heavy atom. The van der Waals surface area contributed by atoms with Gasteiger partial charge in [-0.25, -0.2) is 0 Å². The van der Waals surface area contributed by atoms with E-state index in [1.165, 1.54) is 11.1 Å². The third kappa shape index (κ3) is 5.51. The molecule has 0 bridgehead atoms. The minimum atomic E-state index is -0.0311. The maximum absolute atomic E-state index is 10.7. The molecule has 0 radical (unpaired) electrons. The van der Waals surface area contributed by atoms with Crippen molar-refractivity contribution in [1.29, 1.82) is 0 Å². The van der Waals surface area contributed by atoms with Crippen LogP contribution in [0.15, 0.2) is 42.5 Å². The second kappa shape index (κ2) is 13.5. The van der Waals surface area contributed by atoms with Gasteiger partial charge in [0.05, 0.1) is 42.7 Å². The van der Waals surface area contributed by atoms with E-state index in [0.717, 1.165) is 77.2 Å². The molecular weight excluding hydrogens is 636 g/mol. The van der Waals surface area contributed by atoms with Crippen LogP contribution in [0.4, 0.5) is 0 Å². The Morgan fingerprint density at radius 1 is 0.640 bits per heavy atom. The molecule has 1 aliphatic carbocycles. The van der Waals surface area contributed by atoms with Crippen LogP contribution in [0.25, 0.3) is 11.1 Å². The Labute approximate surface area is 294 Å². The Morgan fingerprint density at radius 2 is 1.30 bits per heavy atom. The maximum Gasteiger partial charge on any atom is 0.204 e. The predicted molar refractivity (Wildman–Crippen MR) is 191 cm³/mol. The molecule has 10 nitrogen and oxygen atoms in total. The highest BCUT2D eigenvalue weighted by Gasteiger charge is 2.37. The zero-order valence-electron chi connectivity index (χ0n) is 30.1. The number of ether oxygens (including phenoxy) is 7. The summed E-state index contributed by atoms with van der Waals surface area (Å²) in [5.41, 5.74) is 8.93. The molecule has 7 rings (SSSR count). The summed E-state index contributed by atoms with van der Waals surface area (Å²) >= 11 is 0. The lowest BCUT2D eigenvalue weighted by Gasteiger charge is -2.40. The molecule has 2 unspecified atom stereocenters. The van der Waals surface area contributed by atoms with Gasteiger partial charge >= 0.3 is 0 Å². The van der Waals surface area contributed by atoms with Crippen LogP contribution >= 0.6 is 0 Å². The maximum atomic E-state index is 10.7. The second-order valence-corrected chi connectivity index (χ2v) is 13.2. The average Bonchev–Trinajstić information content (AvgIpc) is 3.13. The summed E-state index contributed by atoms with van der Waals surface area (Å²) in [7, 11) is 14.2. The van der Waals surface area contributed by atoms with Gasteiger partial charge in [-0.05, 0) is 110 Å². The molecule has 0 amide bonds. The predicted octanol–water partition coefficient (Wildman–Crippen LogP) is 6.76. The van der Waals surface area contributed by atoms with E-state index in [9.17, 15) is 5.11 Å². The number of likely N-dealkylation sites (N-methyl/N-ethyl adjacent to an activating group) is 2.